The van der Waals surface area contributed by atoms with E-state index in [4.69, 9.17) is 13.9 Å². The van der Waals surface area contributed by atoms with Gasteiger partial charge in [-0.1, -0.05) is 0 Å². The third kappa shape index (κ3) is 3.42. The minimum Gasteiger partial charge on any atom is -0.497 e. The van der Waals surface area contributed by atoms with Crippen LogP contribution >= 0.6 is 0 Å². The molecular weight excluding hydrogens is 282 g/mol. The summed E-state index contributed by atoms with van der Waals surface area (Å²) >= 11 is 0. The van der Waals surface area contributed by atoms with Gasteiger partial charge in [-0.05, 0) is 37.3 Å². The van der Waals surface area contributed by atoms with E-state index in [-0.39, 0.29) is 18.4 Å². The van der Waals surface area contributed by atoms with E-state index in [0.29, 0.717) is 11.5 Å². The normalized spacial score (nSPS) is 11.8. The van der Waals surface area contributed by atoms with Crippen LogP contribution in [0, 0.1) is 0 Å². The Kier molecular flexibility index (Phi) is 5.09. The van der Waals surface area contributed by atoms with Crippen molar-refractivity contribution in [1.82, 2.24) is 4.90 Å². The van der Waals surface area contributed by atoms with Gasteiger partial charge in [-0.2, -0.15) is 0 Å². The van der Waals surface area contributed by atoms with Crippen molar-refractivity contribution in [2.75, 3.05) is 21.3 Å². The molecule has 5 heteroatoms. The van der Waals surface area contributed by atoms with Crippen LogP contribution in [0.2, 0.25) is 0 Å². The first-order chi connectivity index (χ1) is 10.6. The van der Waals surface area contributed by atoms with E-state index >= 15 is 0 Å². The van der Waals surface area contributed by atoms with Crippen molar-refractivity contribution in [3.05, 3.63) is 47.9 Å². The van der Waals surface area contributed by atoms with Gasteiger partial charge in [-0.3, -0.25) is 4.79 Å². The van der Waals surface area contributed by atoms with Crippen molar-refractivity contribution in [2.45, 2.75) is 19.4 Å². The summed E-state index contributed by atoms with van der Waals surface area (Å²) in [6.45, 7) is 1.93. The molecule has 1 atom stereocenters. The summed E-state index contributed by atoms with van der Waals surface area (Å²) in [5, 5.41) is 0. The highest BCUT2D eigenvalue weighted by atomic mass is 16.5. The topological polar surface area (TPSA) is 51.9 Å². The van der Waals surface area contributed by atoms with Gasteiger partial charge in [0.1, 0.15) is 17.3 Å². The molecule has 0 unspecified atom stereocenters. The Morgan fingerprint density at radius 1 is 1.27 bits per heavy atom. The fourth-order valence-electron chi connectivity index (χ4n) is 2.24. The number of hydrogen-bond acceptors (Lipinski definition) is 4. The number of benzene rings is 1. The minimum absolute atomic E-state index is 0.0181. The molecule has 5 nitrogen and oxygen atoms in total. The summed E-state index contributed by atoms with van der Waals surface area (Å²) in [5.41, 5.74) is 0.797. The zero-order valence-electron chi connectivity index (χ0n) is 13.3. The van der Waals surface area contributed by atoms with E-state index in [1.54, 1.807) is 38.5 Å². The first-order valence-electron chi connectivity index (χ1n) is 7.06. The van der Waals surface area contributed by atoms with Crippen LogP contribution in [0.5, 0.6) is 11.5 Å². The maximum atomic E-state index is 12.5. The van der Waals surface area contributed by atoms with E-state index in [9.17, 15) is 4.79 Å². The molecule has 118 valence electrons. The molecule has 0 aliphatic rings. The maximum Gasteiger partial charge on any atom is 0.227 e. The third-order valence-electron chi connectivity index (χ3n) is 3.76. The Morgan fingerprint density at radius 3 is 2.64 bits per heavy atom. The second-order valence-corrected chi connectivity index (χ2v) is 5.05. The molecule has 1 heterocycles. The molecule has 0 saturated heterocycles. The molecule has 0 saturated carbocycles. The highest BCUT2D eigenvalue weighted by molar-refractivity contribution is 5.79. The standard InChI is InChI=1S/C17H21NO4/c1-12(15-6-5-9-22-15)18(2)17(19)11-13-10-14(20-3)7-8-16(13)21-4/h5-10,12H,11H2,1-4H3/t12-/m1/s1. The maximum absolute atomic E-state index is 12.5. The molecule has 1 aromatic carbocycles. The van der Waals surface area contributed by atoms with E-state index in [2.05, 4.69) is 0 Å². The van der Waals surface area contributed by atoms with Crippen molar-refractivity contribution in [1.29, 1.82) is 0 Å². The summed E-state index contributed by atoms with van der Waals surface area (Å²) in [6.07, 6.45) is 1.84. The second-order valence-electron chi connectivity index (χ2n) is 5.05. The summed E-state index contributed by atoms with van der Waals surface area (Å²) in [5.74, 6) is 2.11. The van der Waals surface area contributed by atoms with Gasteiger partial charge in [0.15, 0.2) is 0 Å². The zero-order chi connectivity index (χ0) is 16.1. The Morgan fingerprint density at radius 2 is 2.05 bits per heavy atom. The van der Waals surface area contributed by atoms with Gasteiger partial charge in [0.25, 0.3) is 0 Å². The number of ether oxygens (including phenoxy) is 2. The second kappa shape index (κ2) is 7.02. The SMILES string of the molecule is COc1ccc(OC)c(CC(=O)N(C)[C@H](C)c2ccco2)c1. The lowest BCUT2D eigenvalue weighted by atomic mass is 10.1. The molecule has 2 rings (SSSR count). The molecular formula is C17H21NO4. The Labute approximate surface area is 130 Å². The summed E-state index contributed by atoms with van der Waals surface area (Å²) in [4.78, 5) is 14.2. The van der Waals surface area contributed by atoms with Gasteiger partial charge in [0.2, 0.25) is 5.91 Å². The average Bonchev–Trinajstić information content (AvgIpc) is 3.07. The van der Waals surface area contributed by atoms with Crippen LogP contribution in [0.25, 0.3) is 0 Å². The Bertz CT molecular complexity index is 622. The zero-order valence-corrected chi connectivity index (χ0v) is 13.3. The van der Waals surface area contributed by atoms with Gasteiger partial charge >= 0.3 is 0 Å². The number of hydrogen-bond donors (Lipinski definition) is 0. The van der Waals surface area contributed by atoms with Crippen LogP contribution in [-0.4, -0.2) is 32.1 Å². The van der Waals surface area contributed by atoms with Gasteiger partial charge in [-0.25, -0.2) is 0 Å². The van der Waals surface area contributed by atoms with Crippen LogP contribution in [0.1, 0.15) is 24.3 Å². The van der Waals surface area contributed by atoms with Crippen LogP contribution in [0.15, 0.2) is 41.0 Å². The van der Waals surface area contributed by atoms with Crippen LogP contribution in [-0.2, 0) is 11.2 Å². The Balaban J connectivity index is 2.14. The lowest BCUT2D eigenvalue weighted by Gasteiger charge is -2.23. The lowest BCUT2D eigenvalue weighted by Crippen LogP contribution is -2.30. The summed E-state index contributed by atoms with van der Waals surface area (Å²) in [6, 6.07) is 8.98. The molecule has 1 amide bonds. The number of rotatable bonds is 6. The number of carbonyl (C=O) groups is 1. The quantitative estimate of drug-likeness (QED) is 0.823. The molecule has 0 radical (unpaired) electrons. The van der Waals surface area contributed by atoms with E-state index in [1.807, 2.05) is 31.2 Å². The molecule has 0 bridgehead atoms. The predicted octanol–water partition coefficient (Wildman–Crippen LogP) is 3.06. The minimum atomic E-state index is -0.126. The first-order valence-corrected chi connectivity index (χ1v) is 7.06. The van der Waals surface area contributed by atoms with Crippen LogP contribution < -0.4 is 9.47 Å². The first kappa shape index (κ1) is 15.9. The fourth-order valence-corrected chi connectivity index (χ4v) is 2.24. The number of methoxy groups -OCH3 is 2. The van der Waals surface area contributed by atoms with Gasteiger partial charge in [-0.15, -0.1) is 0 Å². The summed E-state index contributed by atoms with van der Waals surface area (Å²) < 4.78 is 15.9. The third-order valence-corrected chi connectivity index (χ3v) is 3.76. The number of likely N-dealkylation sites (N-methyl/N-ethyl adjacent to an activating group) is 1. The smallest absolute Gasteiger partial charge is 0.227 e. The van der Waals surface area contributed by atoms with Gasteiger partial charge in [0, 0.05) is 12.6 Å². The number of carbonyl (C=O) groups excluding carboxylic acids is 1. The Hall–Kier alpha value is -2.43. The molecule has 22 heavy (non-hydrogen) atoms. The van der Waals surface area contributed by atoms with Crippen molar-refractivity contribution in [3.63, 3.8) is 0 Å². The van der Waals surface area contributed by atoms with E-state index in [0.717, 1.165) is 11.3 Å². The van der Waals surface area contributed by atoms with Crippen LogP contribution in [0.4, 0.5) is 0 Å². The fraction of sp³-hybridized carbons (Fsp3) is 0.353. The average molecular weight is 303 g/mol. The van der Waals surface area contributed by atoms with Crippen LogP contribution in [0.3, 0.4) is 0 Å². The largest absolute Gasteiger partial charge is 0.497 e. The number of nitrogens with zero attached hydrogens (tertiary/aromatic N) is 1. The highest BCUT2D eigenvalue weighted by Crippen LogP contribution is 2.26. The molecule has 0 N–H and O–H groups in total. The molecule has 0 spiro atoms. The van der Waals surface area contributed by atoms with Crippen molar-refractivity contribution < 1.29 is 18.7 Å². The molecule has 1 aromatic heterocycles. The van der Waals surface area contributed by atoms with Gasteiger partial charge in [0.05, 0.1) is 32.9 Å². The molecule has 2 aromatic rings. The molecule has 0 aliphatic carbocycles. The van der Waals surface area contributed by atoms with Crippen molar-refractivity contribution in [3.8, 4) is 11.5 Å². The summed E-state index contributed by atoms with van der Waals surface area (Å²) in [7, 11) is 4.95. The molecule has 0 fully saturated rings. The number of amides is 1. The highest BCUT2D eigenvalue weighted by Gasteiger charge is 2.21. The van der Waals surface area contributed by atoms with Gasteiger partial charge < -0.3 is 18.8 Å². The van der Waals surface area contributed by atoms with E-state index in [1.165, 1.54) is 0 Å². The number of furan rings is 1. The predicted molar refractivity (Wildman–Crippen MR) is 83.1 cm³/mol. The van der Waals surface area contributed by atoms with Crippen molar-refractivity contribution >= 4 is 5.91 Å². The van der Waals surface area contributed by atoms with E-state index < -0.39 is 0 Å². The van der Waals surface area contributed by atoms with Crippen molar-refractivity contribution in [2.24, 2.45) is 0 Å². The lowest BCUT2D eigenvalue weighted by molar-refractivity contribution is -0.131. The molecule has 0 aliphatic heterocycles. The monoisotopic (exact) mass is 303 g/mol.